The molecule has 1 aliphatic carbocycles. The van der Waals surface area contributed by atoms with Crippen LogP contribution in [0.2, 0.25) is 0 Å². The number of aromatic nitrogens is 1. The van der Waals surface area contributed by atoms with E-state index < -0.39 is 0 Å². The maximum absolute atomic E-state index is 12.4. The number of nitrogen functional groups attached to an aromatic ring is 1. The molecule has 3 rings (SSSR count). The first-order valence-corrected chi connectivity index (χ1v) is 7.72. The summed E-state index contributed by atoms with van der Waals surface area (Å²) in [6.45, 7) is 2.44. The van der Waals surface area contributed by atoms with Gasteiger partial charge in [0.2, 0.25) is 11.8 Å². The monoisotopic (exact) mass is 294 g/mol. The molecule has 0 aromatic carbocycles. The number of nitrogens with one attached hydrogen (secondary N) is 1. The zero-order valence-electron chi connectivity index (χ0n) is 11.3. The predicted octanol–water partition coefficient (Wildman–Crippen LogP) is 1.35. The normalized spacial score (nSPS) is 29.1. The standard InChI is InChI=1S/C13H18N4O2S/c1-2-7-3-9-10(4-7)12(19)17(11(9)18)6-8-5-15-13(16-14)20-8/h5,7,9-10H,2-4,6,14H2,1H3,(H,15,16). The van der Waals surface area contributed by atoms with Gasteiger partial charge in [-0.1, -0.05) is 24.7 Å². The van der Waals surface area contributed by atoms with Crippen molar-refractivity contribution in [3.8, 4) is 0 Å². The molecule has 2 unspecified atom stereocenters. The van der Waals surface area contributed by atoms with Crippen LogP contribution >= 0.6 is 11.3 Å². The van der Waals surface area contributed by atoms with Gasteiger partial charge < -0.3 is 0 Å². The molecule has 1 saturated heterocycles. The van der Waals surface area contributed by atoms with Crippen LogP contribution in [0.1, 0.15) is 31.1 Å². The van der Waals surface area contributed by atoms with Crippen LogP contribution in [0.15, 0.2) is 6.20 Å². The number of anilines is 1. The van der Waals surface area contributed by atoms with Crippen LogP contribution < -0.4 is 11.3 Å². The third kappa shape index (κ3) is 2.10. The van der Waals surface area contributed by atoms with Crippen LogP contribution in [0.4, 0.5) is 5.13 Å². The van der Waals surface area contributed by atoms with E-state index in [0.717, 1.165) is 24.1 Å². The lowest BCUT2D eigenvalue weighted by atomic mass is 10.00. The van der Waals surface area contributed by atoms with Crippen molar-refractivity contribution in [2.45, 2.75) is 32.7 Å². The first-order valence-electron chi connectivity index (χ1n) is 6.90. The highest BCUT2D eigenvalue weighted by molar-refractivity contribution is 7.15. The number of thiazole rings is 1. The molecule has 0 spiro atoms. The highest BCUT2D eigenvalue weighted by Crippen LogP contribution is 2.44. The van der Waals surface area contributed by atoms with Crippen molar-refractivity contribution in [3.05, 3.63) is 11.1 Å². The molecule has 108 valence electrons. The van der Waals surface area contributed by atoms with Crippen LogP contribution in [0.5, 0.6) is 0 Å². The number of hydrogen-bond donors (Lipinski definition) is 2. The molecule has 1 aliphatic heterocycles. The maximum Gasteiger partial charge on any atom is 0.233 e. The smallest absolute Gasteiger partial charge is 0.233 e. The highest BCUT2D eigenvalue weighted by Gasteiger charge is 2.52. The van der Waals surface area contributed by atoms with E-state index in [-0.39, 0.29) is 23.7 Å². The maximum atomic E-state index is 12.4. The minimum atomic E-state index is -0.0903. The Morgan fingerprint density at radius 3 is 2.55 bits per heavy atom. The van der Waals surface area contributed by atoms with Crippen molar-refractivity contribution in [1.82, 2.24) is 9.88 Å². The van der Waals surface area contributed by atoms with Crippen molar-refractivity contribution < 1.29 is 9.59 Å². The first kappa shape index (κ1) is 13.5. The van der Waals surface area contributed by atoms with Gasteiger partial charge in [0.1, 0.15) is 0 Å². The molecule has 1 aromatic heterocycles. The second-order valence-corrected chi connectivity index (χ2v) is 6.61. The van der Waals surface area contributed by atoms with Crippen LogP contribution in [0.25, 0.3) is 0 Å². The van der Waals surface area contributed by atoms with Gasteiger partial charge in [0.15, 0.2) is 5.13 Å². The number of imide groups is 1. The second-order valence-electron chi connectivity index (χ2n) is 5.50. The van der Waals surface area contributed by atoms with Gasteiger partial charge in [0.25, 0.3) is 0 Å². The van der Waals surface area contributed by atoms with E-state index >= 15 is 0 Å². The fraction of sp³-hybridized carbons (Fsp3) is 0.615. The summed E-state index contributed by atoms with van der Waals surface area (Å²) < 4.78 is 0. The molecule has 20 heavy (non-hydrogen) atoms. The Labute approximate surface area is 121 Å². The molecular weight excluding hydrogens is 276 g/mol. The first-order chi connectivity index (χ1) is 9.63. The van der Waals surface area contributed by atoms with E-state index in [1.807, 2.05) is 0 Å². The average molecular weight is 294 g/mol. The second kappa shape index (κ2) is 5.14. The molecule has 2 fully saturated rings. The average Bonchev–Trinajstić information content (AvgIpc) is 3.13. The van der Waals surface area contributed by atoms with Crippen molar-refractivity contribution in [3.63, 3.8) is 0 Å². The molecule has 1 aromatic rings. The van der Waals surface area contributed by atoms with Gasteiger partial charge in [-0.25, -0.2) is 10.8 Å². The van der Waals surface area contributed by atoms with Gasteiger partial charge in [-0.15, -0.1) is 0 Å². The third-order valence-corrected chi connectivity index (χ3v) is 5.31. The molecule has 2 aliphatic rings. The molecule has 2 atom stereocenters. The minimum absolute atomic E-state index is 0.00777. The SMILES string of the molecule is CCC1CC2C(=O)N(Cc3cnc(NN)s3)C(=O)C2C1. The number of hydrogen-bond acceptors (Lipinski definition) is 6. The topological polar surface area (TPSA) is 88.3 Å². The number of likely N-dealkylation sites (tertiary alicyclic amines) is 1. The Morgan fingerprint density at radius 1 is 1.40 bits per heavy atom. The van der Waals surface area contributed by atoms with Crippen LogP contribution in [0.3, 0.4) is 0 Å². The van der Waals surface area contributed by atoms with Crippen molar-refractivity contribution in [1.29, 1.82) is 0 Å². The molecular formula is C13H18N4O2S. The number of carbonyl (C=O) groups excluding carboxylic acids is 2. The number of nitrogens with two attached hydrogens (primary N) is 1. The van der Waals surface area contributed by atoms with Crippen molar-refractivity contribution in [2.75, 3.05) is 5.43 Å². The number of fused-ring (bicyclic) bond motifs is 1. The Hall–Kier alpha value is -1.47. The fourth-order valence-electron chi connectivity index (χ4n) is 3.29. The highest BCUT2D eigenvalue weighted by atomic mass is 32.1. The number of amides is 2. The van der Waals surface area contributed by atoms with Gasteiger partial charge in [-0.05, 0) is 18.8 Å². The van der Waals surface area contributed by atoms with E-state index in [2.05, 4.69) is 17.3 Å². The van der Waals surface area contributed by atoms with Gasteiger partial charge in [0.05, 0.1) is 18.4 Å². The van der Waals surface area contributed by atoms with E-state index in [9.17, 15) is 9.59 Å². The summed E-state index contributed by atoms with van der Waals surface area (Å²) in [4.78, 5) is 31.1. The van der Waals surface area contributed by atoms with Gasteiger partial charge >= 0.3 is 0 Å². The molecule has 2 heterocycles. The van der Waals surface area contributed by atoms with E-state index in [4.69, 9.17) is 5.84 Å². The van der Waals surface area contributed by atoms with Crippen molar-refractivity contribution in [2.24, 2.45) is 23.6 Å². The Morgan fingerprint density at radius 2 is 2.05 bits per heavy atom. The van der Waals surface area contributed by atoms with Crippen molar-refractivity contribution >= 4 is 28.3 Å². The third-order valence-electron chi connectivity index (χ3n) is 4.40. The van der Waals surface area contributed by atoms with Gasteiger partial charge in [0, 0.05) is 11.1 Å². The van der Waals surface area contributed by atoms with Crippen LogP contribution in [-0.4, -0.2) is 21.7 Å². The van der Waals surface area contributed by atoms with Crippen LogP contribution in [0, 0.1) is 17.8 Å². The largest absolute Gasteiger partial charge is 0.300 e. The fourth-order valence-corrected chi connectivity index (χ4v) is 4.00. The summed E-state index contributed by atoms with van der Waals surface area (Å²) in [6, 6.07) is 0. The quantitative estimate of drug-likeness (QED) is 0.497. The lowest BCUT2D eigenvalue weighted by molar-refractivity contribution is -0.141. The summed E-state index contributed by atoms with van der Waals surface area (Å²) >= 11 is 1.36. The summed E-state index contributed by atoms with van der Waals surface area (Å²) in [5.41, 5.74) is 2.47. The number of carbonyl (C=O) groups is 2. The molecule has 2 amide bonds. The lowest BCUT2D eigenvalue weighted by Gasteiger charge is -2.16. The summed E-state index contributed by atoms with van der Waals surface area (Å²) in [6.07, 6.45) is 4.43. The van der Waals surface area contributed by atoms with E-state index in [1.165, 1.54) is 16.2 Å². The number of rotatable bonds is 4. The molecule has 3 N–H and O–H groups in total. The Bertz CT molecular complexity index is 520. The molecule has 7 heteroatoms. The predicted molar refractivity (Wildman–Crippen MR) is 75.5 cm³/mol. The Kier molecular flexibility index (Phi) is 3.47. The lowest BCUT2D eigenvalue weighted by Crippen LogP contribution is -2.31. The minimum Gasteiger partial charge on any atom is -0.300 e. The molecule has 1 saturated carbocycles. The van der Waals surface area contributed by atoms with E-state index in [1.54, 1.807) is 6.20 Å². The van der Waals surface area contributed by atoms with Gasteiger partial charge in [-0.3, -0.25) is 19.9 Å². The zero-order valence-corrected chi connectivity index (χ0v) is 12.2. The van der Waals surface area contributed by atoms with Gasteiger partial charge in [-0.2, -0.15) is 0 Å². The Balaban J connectivity index is 1.73. The summed E-state index contributed by atoms with van der Waals surface area (Å²) in [5, 5.41) is 0.588. The molecule has 0 bridgehead atoms. The number of nitrogens with zero attached hydrogens (tertiary/aromatic N) is 2. The number of hydrazine groups is 1. The molecule has 0 radical (unpaired) electrons. The van der Waals surface area contributed by atoms with Crippen LogP contribution in [-0.2, 0) is 16.1 Å². The molecule has 6 nitrogen and oxygen atoms in total. The zero-order chi connectivity index (χ0) is 14.3. The summed E-state index contributed by atoms with van der Waals surface area (Å²) in [7, 11) is 0. The summed E-state index contributed by atoms with van der Waals surface area (Å²) in [5.74, 6) is 5.61. The van der Waals surface area contributed by atoms with E-state index in [0.29, 0.717) is 17.6 Å².